The number of rotatable bonds is 7. The third-order valence-corrected chi connectivity index (χ3v) is 5.20. The first-order valence-electron chi connectivity index (χ1n) is 9.52. The maximum absolute atomic E-state index is 13.8. The highest BCUT2D eigenvalue weighted by atomic mass is 79.9. The third-order valence-electron chi connectivity index (χ3n) is 4.62. The summed E-state index contributed by atoms with van der Waals surface area (Å²) >= 11 is 3.37. The summed E-state index contributed by atoms with van der Waals surface area (Å²) in [6.07, 6.45) is 1.69. The van der Waals surface area contributed by atoms with Gasteiger partial charge in [0.05, 0.1) is 16.6 Å². The minimum atomic E-state index is -0.554. The second-order valence-corrected chi connectivity index (χ2v) is 7.74. The zero-order chi connectivity index (χ0) is 22.7. The number of aryl methyl sites for hydroxylation is 1. The summed E-state index contributed by atoms with van der Waals surface area (Å²) in [5, 5.41) is 10.8. The van der Waals surface area contributed by atoms with Crippen molar-refractivity contribution in [3.05, 3.63) is 93.4 Å². The van der Waals surface area contributed by atoms with Crippen LogP contribution in [0.3, 0.4) is 0 Å². The normalized spacial score (nSPS) is 10.9. The Morgan fingerprint density at radius 1 is 1.19 bits per heavy atom. The molecule has 0 fully saturated rings. The molecule has 0 aliphatic rings. The lowest BCUT2D eigenvalue weighted by Crippen LogP contribution is -2.16. The van der Waals surface area contributed by atoms with Gasteiger partial charge >= 0.3 is 0 Å². The minimum Gasteiger partial charge on any atom is -0.486 e. The van der Waals surface area contributed by atoms with Crippen molar-refractivity contribution in [1.29, 1.82) is 0 Å². The Labute approximate surface area is 190 Å². The van der Waals surface area contributed by atoms with Gasteiger partial charge in [0.2, 0.25) is 0 Å². The number of para-hydroxylation sites is 1. The number of aromatic nitrogens is 3. The fourth-order valence-corrected chi connectivity index (χ4v) is 3.37. The molecule has 0 aliphatic heterocycles. The van der Waals surface area contributed by atoms with Crippen molar-refractivity contribution in [3.63, 3.8) is 0 Å². The predicted octanol–water partition coefficient (Wildman–Crippen LogP) is 5.10. The summed E-state index contributed by atoms with van der Waals surface area (Å²) in [7, 11) is 0. The lowest BCUT2D eigenvalue weighted by atomic mass is 10.2. The lowest BCUT2D eigenvalue weighted by molar-refractivity contribution is 0.101. The van der Waals surface area contributed by atoms with Crippen LogP contribution in [0.4, 0.5) is 14.6 Å². The van der Waals surface area contributed by atoms with Crippen molar-refractivity contribution in [2.75, 3.05) is 5.32 Å². The van der Waals surface area contributed by atoms with Gasteiger partial charge in [-0.15, -0.1) is 0 Å². The van der Waals surface area contributed by atoms with Crippen LogP contribution in [-0.2, 0) is 13.2 Å². The van der Waals surface area contributed by atoms with Gasteiger partial charge in [-0.1, -0.05) is 29.4 Å². The Morgan fingerprint density at radius 3 is 2.69 bits per heavy atom. The summed E-state index contributed by atoms with van der Waals surface area (Å²) in [5.41, 5.74) is 1.26. The summed E-state index contributed by atoms with van der Waals surface area (Å²) in [4.78, 5) is 12.8. The van der Waals surface area contributed by atoms with Gasteiger partial charge < -0.3 is 14.6 Å². The summed E-state index contributed by atoms with van der Waals surface area (Å²) < 4.78 is 39.7. The third kappa shape index (κ3) is 4.86. The van der Waals surface area contributed by atoms with Crippen molar-refractivity contribution < 1.29 is 22.8 Å². The fourth-order valence-electron chi connectivity index (χ4n) is 2.96. The van der Waals surface area contributed by atoms with Crippen LogP contribution in [0.15, 0.2) is 63.7 Å². The maximum Gasteiger partial charge on any atom is 0.279 e. The first kappa shape index (κ1) is 21.7. The molecule has 7 nitrogen and oxygen atoms in total. The second kappa shape index (κ2) is 9.31. The standard InChI is InChI=1S/C22H17BrF2N4O3/c1-13-16(12-31-19-5-3-2-4-18(19)25)20(28-32-13)22(30)26-21-17(23)11-29(27-21)10-14-6-8-15(24)9-7-14/h2-9,11H,10,12H2,1H3,(H,26,27,30). The van der Waals surface area contributed by atoms with Crippen molar-refractivity contribution in [2.45, 2.75) is 20.1 Å². The fraction of sp³-hybridized carbons (Fsp3) is 0.136. The number of nitrogens with one attached hydrogen (secondary N) is 1. The predicted molar refractivity (Wildman–Crippen MR) is 115 cm³/mol. The van der Waals surface area contributed by atoms with Crippen molar-refractivity contribution in [2.24, 2.45) is 0 Å². The Bertz CT molecular complexity index is 1250. The lowest BCUT2D eigenvalue weighted by Gasteiger charge is -2.07. The summed E-state index contributed by atoms with van der Waals surface area (Å²) in [5.74, 6) is -0.668. The zero-order valence-electron chi connectivity index (χ0n) is 16.8. The molecule has 164 valence electrons. The molecule has 2 heterocycles. The molecular weight excluding hydrogens is 486 g/mol. The molecule has 2 aromatic carbocycles. The molecule has 0 atom stereocenters. The molecule has 4 aromatic rings. The van der Waals surface area contributed by atoms with Gasteiger partial charge in [-0.05, 0) is 52.7 Å². The molecule has 0 saturated heterocycles. The maximum atomic E-state index is 13.8. The van der Waals surface area contributed by atoms with E-state index in [1.165, 1.54) is 24.3 Å². The number of carbonyl (C=O) groups excluding carboxylic acids is 1. The Balaban J connectivity index is 1.47. The highest BCUT2D eigenvalue weighted by Gasteiger charge is 2.22. The number of hydrogen-bond acceptors (Lipinski definition) is 5. The second-order valence-electron chi connectivity index (χ2n) is 6.89. The number of halogens is 3. The van der Waals surface area contributed by atoms with Crippen LogP contribution in [0.25, 0.3) is 0 Å². The Morgan fingerprint density at radius 2 is 1.94 bits per heavy atom. The number of amides is 1. The van der Waals surface area contributed by atoms with Gasteiger partial charge in [0.1, 0.15) is 18.2 Å². The average molecular weight is 503 g/mol. The molecule has 32 heavy (non-hydrogen) atoms. The van der Waals surface area contributed by atoms with Crippen LogP contribution in [0.1, 0.15) is 27.4 Å². The van der Waals surface area contributed by atoms with E-state index in [4.69, 9.17) is 9.26 Å². The van der Waals surface area contributed by atoms with Gasteiger partial charge in [-0.3, -0.25) is 9.48 Å². The van der Waals surface area contributed by atoms with Crippen LogP contribution in [-0.4, -0.2) is 20.8 Å². The molecule has 0 unspecified atom stereocenters. The monoisotopic (exact) mass is 502 g/mol. The van der Waals surface area contributed by atoms with E-state index in [0.29, 0.717) is 22.3 Å². The number of anilines is 1. The summed E-state index contributed by atoms with van der Waals surface area (Å²) in [6, 6.07) is 12.0. The SMILES string of the molecule is Cc1onc(C(=O)Nc2nn(Cc3ccc(F)cc3)cc2Br)c1COc1ccccc1F. The highest BCUT2D eigenvalue weighted by molar-refractivity contribution is 9.10. The van der Waals surface area contributed by atoms with E-state index in [-0.39, 0.29) is 29.7 Å². The molecule has 1 amide bonds. The van der Waals surface area contributed by atoms with Crippen LogP contribution in [0.5, 0.6) is 5.75 Å². The van der Waals surface area contributed by atoms with Crippen molar-refractivity contribution in [1.82, 2.24) is 14.9 Å². The number of benzene rings is 2. The molecule has 0 saturated carbocycles. The van der Waals surface area contributed by atoms with E-state index in [9.17, 15) is 13.6 Å². The molecule has 2 aromatic heterocycles. The van der Waals surface area contributed by atoms with Crippen LogP contribution in [0.2, 0.25) is 0 Å². The molecular formula is C22H17BrF2N4O3. The van der Waals surface area contributed by atoms with E-state index >= 15 is 0 Å². The molecule has 1 N–H and O–H groups in total. The van der Waals surface area contributed by atoms with Gasteiger partial charge in [-0.25, -0.2) is 8.78 Å². The van der Waals surface area contributed by atoms with Gasteiger partial charge in [0, 0.05) is 6.20 Å². The number of hydrogen-bond donors (Lipinski definition) is 1. The Kier molecular flexibility index (Phi) is 6.31. The van der Waals surface area contributed by atoms with E-state index in [2.05, 4.69) is 31.5 Å². The van der Waals surface area contributed by atoms with Gasteiger partial charge in [0.15, 0.2) is 23.1 Å². The quantitative estimate of drug-likeness (QED) is 0.380. The average Bonchev–Trinajstić information content (AvgIpc) is 3.31. The molecule has 0 spiro atoms. The number of carbonyl (C=O) groups is 1. The van der Waals surface area contributed by atoms with Crippen molar-refractivity contribution in [3.8, 4) is 5.75 Å². The van der Waals surface area contributed by atoms with E-state index in [0.717, 1.165) is 5.56 Å². The molecule has 10 heteroatoms. The van der Waals surface area contributed by atoms with Crippen LogP contribution in [0, 0.1) is 18.6 Å². The smallest absolute Gasteiger partial charge is 0.279 e. The minimum absolute atomic E-state index is 0.0128. The molecule has 0 aliphatic carbocycles. The number of ether oxygens (including phenoxy) is 1. The zero-order valence-corrected chi connectivity index (χ0v) is 18.4. The first-order valence-corrected chi connectivity index (χ1v) is 10.3. The van der Waals surface area contributed by atoms with Gasteiger partial charge in [0.25, 0.3) is 5.91 Å². The first-order chi connectivity index (χ1) is 15.4. The topological polar surface area (TPSA) is 82.2 Å². The van der Waals surface area contributed by atoms with Gasteiger partial charge in [-0.2, -0.15) is 5.10 Å². The highest BCUT2D eigenvalue weighted by Crippen LogP contribution is 2.24. The van der Waals surface area contributed by atoms with Crippen molar-refractivity contribution >= 4 is 27.7 Å². The summed E-state index contributed by atoms with van der Waals surface area (Å²) in [6.45, 7) is 1.93. The molecule has 4 rings (SSSR count). The number of nitrogens with zero attached hydrogens (tertiary/aromatic N) is 3. The molecule has 0 bridgehead atoms. The molecule has 0 radical (unpaired) electrons. The van der Waals surface area contributed by atoms with E-state index in [1.807, 2.05) is 0 Å². The van der Waals surface area contributed by atoms with Crippen LogP contribution < -0.4 is 10.1 Å². The van der Waals surface area contributed by atoms with E-state index in [1.54, 1.807) is 42.1 Å². The largest absolute Gasteiger partial charge is 0.486 e. The van der Waals surface area contributed by atoms with Crippen LogP contribution >= 0.6 is 15.9 Å². The van der Waals surface area contributed by atoms with E-state index < -0.39 is 11.7 Å². The Hall–Kier alpha value is -3.53.